The number of amides is 1. The predicted octanol–water partition coefficient (Wildman–Crippen LogP) is 5.29. The number of H-pyrrole nitrogens is 1. The molecule has 0 unspecified atom stereocenters. The van der Waals surface area contributed by atoms with Crippen molar-refractivity contribution in [3.05, 3.63) is 88.3 Å². The van der Waals surface area contributed by atoms with Crippen molar-refractivity contribution in [1.29, 1.82) is 0 Å². The van der Waals surface area contributed by atoms with Crippen molar-refractivity contribution in [3.63, 3.8) is 0 Å². The van der Waals surface area contributed by atoms with E-state index < -0.39 is 5.91 Å². The highest BCUT2D eigenvalue weighted by Crippen LogP contribution is 2.35. The number of nitrogens with one attached hydrogen (secondary N) is 1. The van der Waals surface area contributed by atoms with Gasteiger partial charge in [-0.05, 0) is 61.7 Å². The maximum Gasteiger partial charge on any atom is 0.310 e. The molecule has 3 aromatic carbocycles. The summed E-state index contributed by atoms with van der Waals surface area (Å²) in [4.78, 5) is 28.3. The zero-order valence-corrected chi connectivity index (χ0v) is 19.8. The SMILES string of the molecule is Cc1ccc(COC(=O)Cc2ccc3[nH]c4cc(-c5c(C)noc5C)cc(C(N)=O)c4c3c2)cc1. The molecule has 0 saturated heterocycles. The fourth-order valence-corrected chi connectivity index (χ4v) is 4.49. The van der Waals surface area contributed by atoms with Crippen LogP contribution in [-0.2, 0) is 22.6 Å². The second-order valence-electron chi connectivity index (χ2n) is 8.84. The molecule has 35 heavy (non-hydrogen) atoms. The van der Waals surface area contributed by atoms with E-state index in [2.05, 4.69) is 10.1 Å². The van der Waals surface area contributed by atoms with Gasteiger partial charge in [0.25, 0.3) is 0 Å². The van der Waals surface area contributed by atoms with Gasteiger partial charge in [-0.15, -0.1) is 0 Å². The topological polar surface area (TPSA) is 111 Å². The number of carbonyl (C=O) groups excluding carboxylic acids is 2. The summed E-state index contributed by atoms with van der Waals surface area (Å²) in [5, 5.41) is 5.56. The molecule has 0 radical (unpaired) electrons. The van der Waals surface area contributed by atoms with Crippen LogP contribution in [0.2, 0.25) is 0 Å². The van der Waals surface area contributed by atoms with E-state index in [0.717, 1.165) is 55.3 Å². The number of nitrogens with two attached hydrogens (primary N) is 1. The minimum Gasteiger partial charge on any atom is -0.461 e. The Morgan fingerprint density at radius 1 is 0.971 bits per heavy atom. The van der Waals surface area contributed by atoms with Gasteiger partial charge in [-0.25, -0.2) is 0 Å². The van der Waals surface area contributed by atoms with Gasteiger partial charge in [-0.1, -0.05) is 41.1 Å². The van der Waals surface area contributed by atoms with E-state index in [4.69, 9.17) is 15.0 Å². The van der Waals surface area contributed by atoms with E-state index in [-0.39, 0.29) is 19.0 Å². The molecule has 0 atom stereocenters. The van der Waals surface area contributed by atoms with Gasteiger partial charge in [0.2, 0.25) is 5.91 Å². The lowest BCUT2D eigenvalue weighted by molar-refractivity contribution is -0.144. The average molecular weight is 468 g/mol. The van der Waals surface area contributed by atoms with Crippen LogP contribution in [0.5, 0.6) is 0 Å². The van der Waals surface area contributed by atoms with Gasteiger partial charge in [0.1, 0.15) is 12.4 Å². The highest BCUT2D eigenvalue weighted by Gasteiger charge is 2.19. The Morgan fingerprint density at radius 2 is 1.71 bits per heavy atom. The number of rotatable bonds is 6. The Hall–Kier alpha value is -4.39. The summed E-state index contributed by atoms with van der Waals surface area (Å²) in [6.07, 6.45) is 0.123. The zero-order valence-electron chi connectivity index (χ0n) is 19.8. The lowest BCUT2D eigenvalue weighted by atomic mass is 9.97. The Morgan fingerprint density at radius 3 is 2.40 bits per heavy atom. The zero-order chi connectivity index (χ0) is 24.7. The minimum absolute atomic E-state index is 0.123. The quantitative estimate of drug-likeness (QED) is 0.330. The number of hydrogen-bond acceptors (Lipinski definition) is 5. The van der Waals surface area contributed by atoms with Crippen molar-refractivity contribution in [2.24, 2.45) is 5.73 Å². The molecule has 0 saturated carbocycles. The van der Waals surface area contributed by atoms with E-state index in [1.54, 1.807) is 6.07 Å². The molecule has 176 valence electrons. The molecule has 2 aromatic heterocycles. The molecule has 0 fully saturated rings. The Labute approximate surface area is 201 Å². The van der Waals surface area contributed by atoms with Crippen LogP contribution in [0.3, 0.4) is 0 Å². The third-order valence-electron chi connectivity index (χ3n) is 6.22. The Kier molecular flexibility index (Phi) is 5.61. The highest BCUT2D eigenvalue weighted by atomic mass is 16.5. The summed E-state index contributed by atoms with van der Waals surface area (Å²) >= 11 is 0. The summed E-state index contributed by atoms with van der Waals surface area (Å²) in [5.74, 6) is -0.187. The van der Waals surface area contributed by atoms with Crippen LogP contribution in [0, 0.1) is 20.8 Å². The number of aromatic nitrogens is 2. The Balaban J connectivity index is 1.48. The van der Waals surface area contributed by atoms with E-state index in [9.17, 15) is 9.59 Å². The van der Waals surface area contributed by atoms with Crippen LogP contribution in [0.4, 0.5) is 0 Å². The lowest BCUT2D eigenvalue weighted by Gasteiger charge is -2.07. The number of nitrogens with zero attached hydrogens (tertiary/aromatic N) is 1. The van der Waals surface area contributed by atoms with Crippen LogP contribution in [0.25, 0.3) is 32.9 Å². The number of carbonyl (C=O) groups is 2. The number of benzene rings is 3. The molecular weight excluding hydrogens is 442 g/mol. The summed E-state index contributed by atoms with van der Waals surface area (Å²) in [6, 6.07) is 17.3. The minimum atomic E-state index is -0.535. The molecule has 7 heteroatoms. The summed E-state index contributed by atoms with van der Waals surface area (Å²) in [5.41, 5.74) is 13.0. The monoisotopic (exact) mass is 467 g/mol. The normalized spacial score (nSPS) is 11.3. The number of aryl methyl sites for hydroxylation is 3. The molecule has 5 rings (SSSR count). The second-order valence-corrected chi connectivity index (χ2v) is 8.84. The molecule has 3 N–H and O–H groups in total. The smallest absolute Gasteiger partial charge is 0.310 e. The molecule has 7 nitrogen and oxygen atoms in total. The van der Waals surface area contributed by atoms with Gasteiger partial charge >= 0.3 is 5.97 Å². The number of aromatic amines is 1. The predicted molar refractivity (Wildman–Crippen MR) is 134 cm³/mol. The molecule has 2 heterocycles. The number of esters is 1. The van der Waals surface area contributed by atoms with Crippen LogP contribution in [0.15, 0.2) is 59.1 Å². The van der Waals surface area contributed by atoms with Crippen LogP contribution < -0.4 is 5.73 Å². The van der Waals surface area contributed by atoms with Gasteiger partial charge in [-0.2, -0.15) is 0 Å². The summed E-state index contributed by atoms with van der Waals surface area (Å²) in [6.45, 7) is 5.93. The number of fused-ring (bicyclic) bond motifs is 3. The van der Waals surface area contributed by atoms with Crippen molar-refractivity contribution >= 4 is 33.7 Å². The van der Waals surface area contributed by atoms with Crippen molar-refractivity contribution in [1.82, 2.24) is 10.1 Å². The fraction of sp³-hybridized carbons (Fsp3) is 0.179. The maximum atomic E-state index is 12.5. The molecule has 0 bridgehead atoms. The average Bonchev–Trinajstić information content (AvgIpc) is 3.36. The first-order valence-electron chi connectivity index (χ1n) is 11.3. The first-order chi connectivity index (χ1) is 16.8. The summed E-state index contributed by atoms with van der Waals surface area (Å²) in [7, 11) is 0. The molecule has 0 aliphatic carbocycles. The standard InChI is InChI=1S/C28H25N3O4/c1-15-4-6-18(7-5-15)14-34-25(32)11-19-8-9-23-21(10-19)27-22(28(29)33)12-20(13-24(27)30-23)26-16(2)31-35-17(26)3/h4-10,12-13,30H,11,14H2,1-3H3,(H2,29,33). The molecule has 0 aliphatic heterocycles. The molecular formula is C28H25N3O4. The van der Waals surface area contributed by atoms with E-state index in [0.29, 0.717) is 11.3 Å². The Bertz CT molecular complexity index is 1570. The fourth-order valence-electron chi connectivity index (χ4n) is 4.49. The van der Waals surface area contributed by atoms with E-state index in [1.807, 2.05) is 69.3 Å². The molecule has 0 aliphatic rings. The first-order valence-corrected chi connectivity index (χ1v) is 11.3. The van der Waals surface area contributed by atoms with E-state index >= 15 is 0 Å². The summed E-state index contributed by atoms with van der Waals surface area (Å²) < 4.78 is 10.8. The van der Waals surface area contributed by atoms with E-state index in [1.165, 1.54) is 0 Å². The van der Waals surface area contributed by atoms with Gasteiger partial charge in [0.15, 0.2) is 0 Å². The number of ether oxygens (including phenoxy) is 1. The van der Waals surface area contributed by atoms with Gasteiger partial charge in [0.05, 0.1) is 12.1 Å². The van der Waals surface area contributed by atoms with Crippen LogP contribution in [0.1, 0.15) is 38.5 Å². The first kappa shape index (κ1) is 22.4. The second kappa shape index (κ2) is 8.76. The van der Waals surface area contributed by atoms with Crippen molar-refractivity contribution in [2.45, 2.75) is 33.8 Å². The number of primary amides is 1. The van der Waals surface area contributed by atoms with Gasteiger partial charge in [0, 0.05) is 32.9 Å². The van der Waals surface area contributed by atoms with Crippen LogP contribution >= 0.6 is 0 Å². The van der Waals surface area contributed by atoms with Crippen molar-refractivity contribution in [2.75, 3.05) is 0 Å². The molecule has 0 spiro atoms. The lowest BCUT2D eigenvalue weighted by Crippen LogP contribution is -2.11. The van der Waals surface area contributed by atoms with Crippen molar-refractivity contribution in [3.8, 4) is 11.1 Å². The van der Waals surface area contributed by atoms with Gasteiger partial charge < -0.3 is 20.0 Å². The van der Waals surface area contributed by atoms with Crippen LogP contribution in [-0.4, -0.2) is 22.0 Å². The van der Waals surface area contributed by atoms with Gasteiger partial charge in [-0.3, -0.25) is 9.59 Å². The third-order valence-corrected chi connectivity index (χ3v) is 6.22. The number of hydrogen-bond donors (Lipinski definition) is 2. The third kappa shape index (κ3) is 4.28. The van der Waals surface area contributed by atoms with Crippen molar-refractivity contribution < 1.29 is 18.8 Å². The maximum absolute atomic E-state index is 12.5. The molecule has 1 amide bonds. The molecule has 5 aromatic rings. The highest BCUT2D eigenvalue weighted by molar-refractivity contribution is 6.18. The largest absolute Gasteiger partial charge is 0.461 e.